The number of hydrogen-bond acceptors (Lipinski definition) is 3. The lowest BCUT2D eigenvalue weighted by molar-refractivity contribution is 0.0693. The highest BCUT2D eigenvalue weighted by molar-refractivity contribution is 6.08. The quantitative estimate of drug-likeness (QED) is 0.811. The molecule has 0 unspecified atom stereocenters. The van der Waals surface area contributed by atoms with Gasteiger partial charge in [0.1, 0.15) is 17.1 Å². The van der Waals surface area contributed by atoms with Crippen LogP contribution in [0.3, 0.4) is 0 Å². The van der Waals surface area contributed by atoms with E-state index in [1.165, 1.54) is 30.3 Å². The fourth-order valence-corrected chi connectivity index (χ4v) is 1.90. The molecule has 0 aliphatic rings. The van der Waals surface area contributed by atoms with Crippen LogP contribution in [0.4, 0.5) is 10.1 Å². The molecule has 0 heterocycles. The Labute approximate surface area is 119 Å². The number of aromatic carboxylic acids is 1. The maximum atomic E-state index is 13.5. The van der Waals surface area contributed by atoms with E-state index in [1.54, 1.807) is 6.92 Å². The van der Waals surface area contributed by atoms with Crippen LogP contribution in [0.25, 0.3) is 0 Å². The Morgan fingerprint density at radius 1 is 1.14 bits per heavy atom. The Morgan fingerprint density at radius 2 is 1.81 bits per heavy atom. The summed E-state index contributed by atoms with van der Waals surface area (Å²) in [5, 5.41) is 20.9. The number of phenolic OH excluding ortho intramolecular Hbond substituents is 1. The third-order valence-electron chi connectivity index (χ3n) is 3.03. The van der Waals surface area contributed by atoms with E-state index in [0.29, 0.717) is 5.56 Å². The van der Waals surface area contributed by atoms with Crippen LogP contribution >= 0.6 is 0 Å². The summed E-state index contributed by atoms with van der Waals surface area (Å²) in [6.45, 7) is 1.55. The molecule has 0 fully saturated rings. The number of rotatable bonds is 3. The molecule has 1 amide bonds. The number of carbonyl (C=O) groups is 2. The number of carboxylic acids is 1. The molecule has 5 nitrogen and oxygen atoms in total. The van der Waals surface area contributed by atoms with Crippen LogP contribution in [0.5, 0.6) is 5.75 Å². The summed E-state index contributed by atoms with van der Waals surface area (Å²) in [5.41, 5.74) is -0.224. The summed E-state index contributed by atoms with van der Waals surface area (Å²) in [6.07, 6.45) is 0. The van der Waals surface area contributed by atoms with Crippen molar-refractivity contribution in [2.24, 2.45) is 0 Å². The zero-order valence-corrected chi connectivity index (χ0v) is 11.1. The van der Waals surface area contributed by atoms with E-state index < -0.39 is 23.3 Å². The van der Waals surface area contributed by atoms with Crippen LogP contribution in [0, 0.1) is 12.7 Å². The van der Waals surface area contributed by atoms with Gasteiger partial charge in [-0.2, -0.15) is 0 Å². The molecule has 0 aliphatic heterocycles. The van der Waals surface area contributed by atoms with Crippen molar-refractivity contribution in [3.63, 3.8) is 0 Å². The van der Waals surface area contributed by atoms with Crippen LogP contribution in [-0.2, 0) is 0 Å². The predicted molar refractivity (Wildman–Crippen MR) is 74.2 cm³/mol. The minimum atomic E-state index is -1.48. The van der Waals surface area contributed by atoms with Crippen molar-refractivity contribution in [3.8, 4) is 5.75 Å². The molecular formula is C15H12FNO4. The lowest BCUT2D eigenvalue weighted by atomic mass is 10.1. The monoisotopic (exact) mass is 289 g/mol. The summed E-state index contributed by atoms with van der Waals surface area (Å²) in [4.78, 5) is 23.2. The van der Waals surface area contributed by atoms with Gasteiger partial charge >= 0.3 is 5.97 Å². The van der Waals surface area contributed by atoms with Crippen LogP contribution in [0.1, 0.15) is 26.3 Å². The van der Waals surface area contributed by atoms with Crippen molar-refractivity contribution >= 4 is 17.6 Å². The maximum absolute atomic E-state index is 13.5. The highest BCUT2D eigenvalue weighted by Crippen LogP contribution is 2.23. The third kappa shape index (κ3) is 2.84. The van der Waals surface area contributed by atoms with E-state index in [1.807, 2.05) is 0 Å². The van der Waals surface area contributed by atoms with Gasteiger partial charge in [0.2, 0.25) is 0 Å². The summed E-state index contributed by atoms with van der Waals surface area (Å²) in [6, 6.07) is 7.98. The lowest BCUT2D eigenvalue weighted by Gasteiger charge is -2.11. The normalized spacial score (nSPS) is 10.2. The zero-order chi connectivity index (χ0) is 15.6. The first-order valence-electron chi connectivity index (χ1n) is 6.03. The van der Waals surface area contributed by atoms with Gasteiger partial charge in [0.15, 0.2) is 0 Å². The maximum Gasteiger partial charge on any atom is 0.340 e. The smallest absolute Gasteiger partial charge is 0.340 e. The highest BCUT2D eigenvalue weighted by atomic mass is 19.1. The molecule has 6 heteroatoms. The molecule has 2 rings (SSSR count). The van der Waals surface area contributed by atoms with Gasteiger partial charge in [-0.25, -0.2) is 9.18 Å². The minimum Gasteiger partial charge on any atom is -0.508 e. The molecule has 2 aromatic rings. The number of carboxylic acid groups (broad SMARTS) is 1. The van der Waals surface area contributed by atoms with Crippen molar-refractivity contribution in [1.29, 1.82) is 0 Å². The lowest BCUT2D eigenvalue weighted by Crippen LogP contribution is -2.16. The molecule has 21 heavy (non-hydrogen) atoms. The summed E-state index contributed by atoms with van der Waals surface area (Å²) in [5.74, 6) is -3.10. The number of amides is 1. The van der Waals surface area contributed by atoms with Gasteiger partial charge in [-0.15, -0.1) is 0 Å². The average molecular weight is 289 g/mol. The Hall–Kier alpha value is -2.89. The van der Waals surface area contributed by atoms with Crippen molar-refractivity contribution in [2.45, 2.75) is 6.92 Å². The standard InChI is InChI=1S/C15H12FNO4/c1-8-9(4-2-7-12(8)18)14(19)17-11-6-3-5-10(16)13(11)15(20)21/h2-7,18H,1H3,(H,17,19)(H,20,21). The number of benzene rings is 2. The first-order valence-corrected chi connectivity index (χ1v) is 6.03. The molecule has 0 radical (unpaired) electrons. The van der Waals surface area contributed by atoms with Crippen LogP contribution in [0.2, 0.25) is 0 Å². The molecule has 0 aliphatic carbocycles. The van der Waals surface area contributed by atoms with E-state index in [2.05, 4.69) is 5.32 Å². The number of halogens is 1. The average Bonchev–Trinajstić information content (AvgIpc) is 2.41. The van der Waals surface area contributed by atoms with Gasteiger partial charge in [-0.1, -0.05) is 12.1 Å². The number of aromatic hydroxyl groups is 1. The molecule has 0 saturated heterocycles. The molecule has 0 saturated carbocycles. The van der Waals surface area contributed by atoms with Crippen LogP contribution in [0.15, 0.2) is 36.4 Å². The number of hydrogen-bond donors (Lipinski definition) is 3. The molecule has 0 aromatic heterocycles. The van der Waals surface area contributed by atoms with Crippen LogP contribution < -0.4 is 5.32 Å². The van der Waals surface area contributed by atoms with E-state index >= 15 is 0 Å². The van der Waals surface area contributed by atoms with Gasteiger partial charge in [0.25, 0.3) is 5.91 Å². The second-order valence-electron chi connectivity index (χ2n) is 4.37. The molecule has 0 spiro atoms. The summed E-state index contributed by atoms with van der Waals surface area (Å²) in [7, 11) is 0. The fourth-order valence-electron chi connectivity index (χ4n) is 1.90. The van der Waals surface area contributed by atoms with E-state index in [4.69, 9.17) is 5.11 Å². The van der Waals surface area contributed by atoms with Crippen molar-refractivity contribution in [1.82, 2.24) is 0 Å². The first-order chi connectivity index (χ1) is 9.91. The van der Waals surface area contributed by atoms with Gasteiger partial charge in [-0.05, 0) is 31.2 Å². The fraction of sp³-hybridized carbons (Fsp3) is 0.0667. The van der Waals surface area contributed by atoms with Crippen molar-refractivity contribution < 1.29 is 24.2 Å². The van der Waals surface area contributed by atoms with Gasteiger partial charge in [0, 0.05) is 11.1 Å². The van der Waals surface area contributed by atoms with E-state index in [9.17, 15) is 19.1 Å². The predicted octanol–water partition coefficient (Wildman–Crippen LogP) is 2.79. The first kappa shape index (κ1) is 14.5. The van der Waals surface area contributed by atoms with Crippen molar-refractivity contribution in [3.05, 3.63) is 58.9 Å². The highest BCUT2D eigenvalue weighted by Gasteiger charge is 2.19. The molecule has 108 valence electrons. The van der Waals surface area contributed by atoms with Gasteiger partial charge in [-0.3, -0.25) is 4.79 Å². The summed E-state index contributed by atoms with van der Waals surface area (Å²) < 4.78 is 13.5. The van der Waals surface area contributed by atoms with Crippen LogP contribution in [-0.4, -0.2) is 22.1 Å². The SMILES string of the molecule is Cc1c(O)cccc1C(=O)Nc1cccc(F)c1C(=O)O. The zero-order valence-electron chi connectivity index (χ0n) is 11.1. The number of nitrogens with one attached hydrogen (secondary N) is 1. The molecular weight excluding hydrogens is 277 g/mol. The largest absolute Gasteiger partial charge is 0.508 e. The van der Waals surface area contributed by atoms with E-state index in [0.717, 1.165) is 6.07 Å². The number of carbonyl (C=O) groups excluding carboxylic acids is 1. The second-order valence-corrected chi connectivity index (χ2v) is 4.37. The van der Waals surface area contributed by atoms with Gasteiger partial charge < -0.3 is 15.5 Å². The minimum absolute atomic E-state index is 0.0552. The Bertz CT molecular complexity index is 728. The topological polar surface area (TPSA) is 86.6 Å². The molecule has 3 N–H and O–H groups in total. The molecule has 2 aromatic carbocycles. The Kier molecular flexibility index (Phi) is 3.89. The molecule has 0 bridgehead atoms. The van der Waals surface area contributed by atoms with Crippen molar-refractivity contribution in [2.75, 3.05) is 5.32 Å². The van der Waals surface area contributed by atoms with Gasteiger partial charge in [0.05, 0.1) is 5.69 Å². The Morgan fingerprint density at radius 3 is 2.48 bits per heavy atom. The number of anilines is 1. The van der Waals surface area contributed by atoms with E-state index in [-0.39, 0.29) is 17.0 Å². The Balaban J connectivity index is 2.39. The number of phenols is 1. The second kappa shape index (κ2) is 5.62. The molecule has 0 atom stereocenters. The third-order valence-corrected chi connectivity index (χ3v) is 3.03. The summed E-state index contributed by atoms with van der Waals surface area (Å²) >= 11 is 0.